The van der Waals surface area contributed by atoms with E-state index in [0.29, 0.717) is 11.6 Å². The SMILES string of the molecule is NC(=O)CONCc1ccccc1Cl. The zero-order valence-electron chi connectivity index (χ0n) is 7.50. The highest BCUT2D eigenvalue weighted by Gasteiger charge is 1.98. The van der Waals surface area contributed by atoms with Crippen molar-refractivity contribution in [3.63, 3.8) is 0 Å². The van der Waals surface area contributed by atoms with Gasteiger partial charge in [0.15, 0.2) is 0 Å². The standard InChI is InChI=1S/C9H11ClN2O2/c10-8-4-2-1-3-7(8)5-12-14-6-9(11)13/h1-4,12H,5-6H2,(H2,11,13). The summed E-state index contributed by atoms with van der Waals surface area (Å²) in [7, 11) is 0. The van der Waals surface area contributed by atoms with E-state index in [9.17, 15) is 4.79 Å². The fourth-order valence-corrected chi connectivity index (χ4v) is 1.10. The van der Waals surface area contributed by atoms with Crippen molar-refractivity contribution < 1.29 is 9.63 Å². The Morgan fingerprint density at radius 2 is 2.21 bits per heavy atom. The number of halogens is 1. The molecule has 0 heterocycles. The summed E-state index contributed by atoms with van der Waals surface area (Å²) in [6.45, 7) is 0.289. The van der Waals surface area contributed by atoms with Crippen LogP contribution in [0.5, 0.6) is 0 Å². The Morgan fingerprint density at radius 1 is 1.50 bits per heavy atom. The highest BCUT2D eigenvalue weighted by atomic mass is 35.5. The highest BCUT2D eigenvalue weighted by molar-refractivity contribution is 6.31. The van der Waals surface area contributed by atoms with Crippen molar-refractivity contribution in [3.05, 3.63) is 34.9 Å². The summed E-state index contributed by atoms with van der Waals surface area (Å²) in [6.07, 6.45) is 0. The van der Waals surface area contributed by atoms with Crippen LogP contribution in [-0.2, 0) is 16.2 Å². The molecule has 3 N–H and O–H groups in total. The number of primary amides is 1. The van der Waals surface area contributed by atoms with Crippen LogP contribution in [0.25, 0.3) is 0 Å². The van der Waals surface area contributed by atoms with Crippen LogP contribution in [0.15, 0.2) is 24.3 Å². The maximum Gasteiger partial charge on any atom is 0.245 e. The molecule has 0 radical (unpaired) electrons. The maximum absolute atomic E-state index is 10.3. The van der Waals surface area contributed by atoms with Gasteiger partial charge in [0.2, 0.25) is 5.91 Å². The molecule has 0 saturated carbocycles. The number of nitrogens with one attached hydrogen (secondary N) is 1. The number of carbonyl (C=O) groups excluding carboxylic acids is 1. The summed E-state index contributed by atoms with van der Waals surface area (Å²) in [5, 5.41) is 0.655. The predicted molar refractivity (Wildman–Crippen MR) is 53.4 cm³/mol. The summed E-state index contributed by atoms with van der Waals surface area (Å²) in [6, 6.07) is 7.36. The lowest BCUT2D eigenvalue weighted by atomic mass is 10.2. The van der Waals surface area contributed by atoms with Crippen molar-refractivity contribution in [2.75, 3.05) is 6.61 Å². The molecule has 4 nitrogen and oxygen atoms in total. The van der Waals surface area contributed by atoms with Crippen LogP contribution in [0.1, 0.15) is 5.56 Å². The van der Waals surface area contributed by atoms with E-state index in [1.54, 1.807) is 6.07 Å². The largest absolute Gasteiger partial charge is 0.368 e. The number of benzene rings is 1. The fourth-order valence-electron chi connectivity index (χ4n) is 0.893. The van der Waals surface area contributed by atoms with E-state index >= 15 is 0 Å². The van der Waals surface area contributed by atoms with Crippen molar-refractivity contribution in [1.82, 2.24) is 5.48 Å². The molecular formula is C9H11ClN2O2. The molecule has 0 aliphatic carbocycles. The van der Waals surface area contributed by atoms with Gasteiger partial charge in [-0.05, 0) is 11.6 Å². The molecule has 0 spiro atoms. The molecule has 1 aromatic carbocycles. The number of amides is 1. The molecule has 0 bridgehead atoms. The molecule has 0 aliphatic heterocycles. The van der Waals surface area contributed by atoms with Crippen LogP contribution in [-0.4, -0.2) is 12.5 Å². The summed E-state index contributed by atoms with van der Waals surface area (Å²) in [5.41, 5.74) is 8.36. The second-order valence-corrected chi connectivity index (χ2v) is 3.07. The highest BCUT2D eigenvalue weighted by Crippen LogP contribution is 2.13. The minimum atomic E-state index is -0.517. The molecule has 1 aromatic rings. The smallest absolute Gasteiger partial charge is 0.245 e. The van der Waals surface area contributed by atoms with E-state index in [1.807, 2.05) is 18.2 Å². The molecule has 0 aliphatic rings. The van der Waals surface area contributed by atoms with Crippen LogP contribution in [0.3, 0.4) is 0 Å². The van der Waals surface area contributed by atoms with Gasteiger partial charge in [-0.2, -0.15) is 5.48 Å². The normalized spacial score (nSPS) is 10.1. The van der Waals surface area contributed by atoms with Crippen molar-refractivity contribution >= 4 is 17.5 Å². The second-order valence-electron chi connectivity index (χ2n) is 2.67. The Bertz CT molecular complexity index is 317. The lowest BCUT2D eigenvalue weighted by Crippen LogP contribution is -2.24. The van der Waals surface area contributed by atoms with Gasteiger partial charge in [0, 0.05) is 11.6 Å². The molecule has 76 valence electrons. The van der Waals surface area contributed by atoms with Crippen molar-refractivity contribution in [2.24, 2.45) is 5.73 Å². The van der Waals surface area contributed by atoms with Gasteiger partial charge >= 0.3 is 0 Å². The molecule has 0 saturated heterocycles. The van der Waals surface area contributed by atoms with Crippen molar-refractivity contribution in [1.29, 1.82) is 0 Å². The lowest BCUT2D eigenvalue weighted by molar-refractivity contribution is -0.125. The molecule has 1 amide bonds. The summed E-state index contributed by atoms with van der Waals surface area (Å²) >= 11 is 5.88. The first kappa shape index (κ1) is 11.0. The molecule has 0 aromatic heterocycles. The average Bonchev–Trinajstić information content (AvgIpc) is 2.15. The Balaban J connectivity index is 2.31. The number of hydrogen-bond donors (Lipinski definition) is 2. The Morgan fingerprint density at radius 3 is 2.86 bits per heavy atom. The van der Waals surface area contributed by atoms with E-state index < -0.39 is 5.91 Å². The topological polar surface area (TPSA) is 64.4 Å². The number of hydrogen-bond acceptors (Lipinski definition) is 3. The van der Waals surface area contributed by atoms with Gasteiger partial charge in [0.25, 0.3) is 0 Å². The molecular weight excluding hydrogens is 204 g/mol. The van der Waals surface area contributed by atoms with Crippen LogP contribution in [0, 0.1) is 0 Å². The zero-order chi connectivity index (χ0) is 10.4. The number of carbonyl (C=O) groups is 1. The van der Waals surface area contributed by atoms with Gasteiger partial charge in [-0.1, -0.05) is 29.8 Å². The van der Waals surface area contributed by atoms with Gasteiger partial charge in [-0.3, -0.25) is 9.63 Å². The van der Waals surface area contributed by atoms with E-state index in [0.717, 1.165) is 5.56 Å². The molecule has 0 atom stereocenters. The summed E-state index contributed by atoms with van der Waals surface area (Å²) < 4.78 is 0. The molecule has 5 heteroatoms. The average molecular weight is 215 g/mol. The quantitative estimate of drug-likeness (QED) is 0.564. The first-order valence-electron chi connectivity index (χ1n) is 4.06. The van der Waals surface area contributed by atoms with E-state index in [1.165, 1.54) is 0 Å². The van der Waals surface area contributed by atoms with Crippen LogP contribution >= 0.6 is 11.6 Å². The third kappa shape index (κ3) is 3.74. The van der Waals surface area contributed by atoms with Crippen molar-refractivity contribution in [3.8, 4) is 0 Å². The lowest BCUT2D eigenvalue weighted by Gasteiger charge is -2.05. The molecule has 14 heavy (non-hydrogen) atoms. The maximum atomic E-state index is 10.3. The minimum absolute atomic E-state index is 0.148. The Labute approximate surface area is 86.9 Å². The monoisotopic (exact) mass is 214 g/mol. The number of nitrogens with two attached hydrogens (primary N) is 1. The third-order valence-corrected chi connectivity index (χ3v) is 1.91. The van der Waals surface area contributed by atoms with E-state index in [-0.39, 0.29) is 6.61 Å². The second kappa shape index (κ2) is 5.59. The van der Waals surface area contributed by atoms with Crippen LogP contribution in [0.4, 0.5) is 0 Å². The predicted octanol–water partition coefficient (Wildman–Crippen LogP) is 0.847. The van der Waals surface area contributed by atoms with Gasteiger partial charge in [0.05, 0.1) is 0 Å². The van der Waals surface area contributed by atoms with E-state index in [2.05, 4.69) is 5.48 Å². The van der Waals surface area contributed by atoms with Gasteiger partial charge in [0.1, 0.15) is 6.61 Å². The van der Waals surface area contributed by atoms with E-state index in [4.69, 9.17) is 22.2 Å². The number of hydroxylamine groups is 1. The molecule has 0 fully saturated rings. The summed E-state index contributed by atoms with van der Waals surface area (Å²) in [5.74, 6) is -0.517. The van der Waals surface area contributed by atoms with Gasteiger partial charge in [-0.15, -0.1) is 0 Å². The van der Waals surface area contributed by atoms with Crippen LogP contribution in [0.2, 0.25) is 5.02 Å². The molecule has 0 unspecified atom stereocenters. The Kier molecular flexibility index (Phi) is 4.39. The Hall–Kier alpha value is -1.10. The zero-order valence-corrected chi connectivity index (χ0v) is 8.25. The van der Waals surface area contributed by atoms with Crippen LogP contribution < -0.4 is 11.2 Å². The molecule has 1 rings (SSSR count). The minimum Gasteiger partial charge on any atom is -0.368 e. The third-order valence-electron chi connectivity index (χ3n) is 1.54. The van der Waals surface area contributed by atoms with Gasteiger partial charge in [-0.25, -0.2) is 0 Å². The van der Waals surface area contributed by atoms with Gasteiger partial charge < -0.3 is 5.73 Å². The first-order valence-corrected chi connectivity index (χ1v) is 4.44. The van der Waals surface area contributed by atoms with Crippen molar-refractivity contribution in [2.45, 2.75) is 6.54 Å². The summed E-state index contributed by atoms with van der Waals surface area (Å²) in [4.78, 5) is 15.1. The number of rotatable bonds is 5. The fraction of sp³-hybridized carbons (Fsp3) is 0.222. The first-order chi connectivity index (χ1) is 6.70.